The molecule has 42 heavy (non-hydrogen) atoms. The Kier molecular flexibility index (Phi) is 10.7. The van der Waals surface area contributed by atoms with E-state index < -0.39 is 24.0 Å². The second-order valence-corrected chi connectivity index (χ2v) is 11.1. The van der Waals surface area contributed by atoms with Gasteiger partial charge in [-0.05, 0) is 41.5 Å². The molecule has 0 aromatic heterocycles. The second kappa shape index (κ2) is 14.4. The molecule has 11 heteroatoms. The normalized spacial score (nSPS) is 14.5. The minimum Gasteiger partial charge on any atom is -0.489 e. The third-order valence-electron chi connectivity index (χ3n) is 6.35. The molecule has 1 saturated heterocycles. The number of carbonyl (C=O) groups excluding carboxylic acids is 1. The number of rotatable bonds is 14. The van der Waals surface area contributed by atoms with Gasteiger partial charge < -0.3 is 24.1 Å². The predicted octanol–water partition coefficient (Wildman–Crippen LogP) is 5.30. The van der Waals surface area contributed by atoms with E-state index in [1.54, 1.807) is 50.6 Å². The minimum atomic E-state index is -1.15. The molecule has 0 saturated carbocycles. The van der Waals surface area contributed by atoms with Crippen molar-refractivity contribution in [2.24, 2.45) is 0 Å². The van der Waals surface area contributed by atoms with Crippen LogP contribution in [0, 0.1) is 5.82 Å². The number of halogens is 1. The van der Waals surface area contributed by atoms with E-state index in [0.717, 1.165) is 27.8 Å². The van der Waals surface area contributed by atoms with Crippen LogP contribution in [0.25, 0.3) is 6.08 Å². The lowest BCUT2D eigenvalue weighted by atomic mass is 9.95. The summed E-state index contributed by atoms with van der Waals surface area (Å²) in [6.07, 6.45) is 2.17. The summed E-state index contributed by atoms with van der Waals surface area (Å²) in [5.41, 5.74) is 1.31. The first kappa shape index (κ1) is 31.2. The van der Waals surface area contributed by atoms with Crippen LogP contribution in [0.1, 0.15) is 16.7 Å². The Morgan fingerprint density at radius 1 is 1.02 bits per heavy atom. The van der Waals surface area contributed by atoms with Gasteiger partial charge in [-0.1, -0.05) is 72.5 Å². The molecule has 0 spiro atoms. The van der Waals surface area contributed by atoms with Crippen molar-refractivity contribution in [1.82, 2.24) is 4.90 Å². The molecule has 4 rings (SSSR count). The summed E-state index contributed by atoms with van der Waals surface area (Å²) in [4.78, 5) is 25.4. The van der Waals surface area contributed by atoms with Crippen molar-refractivity contribution in [3.63, 3.8) is 0 Å². The molecule has 1 aliphatic heterocycles. The number of hydrogen-bond acceptors (Lipinski definition) is 8. The molecule has 8 nitrogen and oxygen atoms in total. The van der Waals surface area contributed by atoms with Crippen molar-refractivity contribution >= 4 is 46.3 Å². The summed E-state index contributed by atoms with van der Waals surface area (Å²) in [6.45, 7) is 0.114. The minimum absolute atomic E-state index is 0.165. The highest BCUT2D eigenvalue weighted by molar-refractivity contribution is 8.26. The van der Waals surface area contributed by atoms with Gasteiger partial charge in [-0.25, -0.2) is 4.39 Å². The maximum absolute atomic E-state index is 13.3. The average Bonchev–Trinajstić information content (AvgIpc) is 3.22. The molecule has 0 bridgehead atoms. The van der Waals surface area contributed by atoms with Gasteiger partial charge in [-0.15, -0.1) is 0 Å². The van der Waals surface area contributed by atoms with Crippen LogP contribution in [0.4, 0.5) is 4.39 Å². The fourth-order valence-corrected chi connectivity index (χ4v) is 5.67. The Morgan fingerprint density at radius 2 is 1.71 bits per heavy atom. The molecular formula is C31H30FNO7S2. The maximum atomic E-state index is 13.3. The van der Waals surface area contributed by atoms with Gasteiger partial charge in [0.2, 0.25) is 0 Å². The molecular weight excluding hydrogens is 581 g/mol. The largest absolute Gasteiger partial charge is 0.489 e. The lowest BCUT2D eigenvalue weighted by Gasteiger charge is -2.34. The number of ether oxygens (including phenoxy) is 4. The Labute approximate surface area is 253 Å². The monoisotopic (exact) mass is 611 g/mol. The number of thioether (sulfide) groups is 1. The van der Waals surface area contributed by atoms with Crippen LogP contribution in [0.5, 0.6) is 11.5 Å². The number of hydrogen-bond donors (Lipinski definition) is 1. The number of carbonyl (C=O) groups is 2. The van der Waals surface area contributed by atoms with E-state index in [-0.39, 0.29) is 23.4 Å². The van der Waals surface area contributed by atoms with Crippen LogP contribution in [-0.4, -0.2) is 66.8 Å². The van der Waals surface area contributed by atoms with Crippen LogP contribution in [0.2, 0.25) is 0 Å². The highest BCUT2D eigenvalue weighted by atomic mass is 32.2. The Balaban J connectivity index is 1.69. The van der Waals surface area contributed by atoms with Crippen LogP contribution in [0.3, 0.4) is 0 Å². The Morgan fingerprint density at radius 3 is 2.36 bits per heavy atom. The van der Waals surface area contributed by atoms with Gasteiger partial charge in [-0.2, -0.15) is 0 Å². The summed E-state index contributed by atoms with van der Waals surface area (Å²) in [5.74, 6) is -1.12. The Hall–Kier alpha value is -3.77. The number of benzene rings is 3. The SMILES string of the molecule is COCC(COC)(Oc1cc(/C=C2/SC(=S)N(CC(=O)O)C2=O)ccc1OCCc1ccc(F)cc1)c1ccccc1. The van der Waals surface area contributed by atoms with Gasteiger partial charge in [0.15, 0.2) is 17.1 Å². The first-order valence-corrected chi connectivity index (χ1v) is 14.2. The average molecular weight is 612 g/mol. The van der Waals surface area contributed by atoms with E-state index in [4.69, 9.17) is 36.3 Å². The summed E-state index contributed by atoms with van der Waals surface area (Å²) in [6, 6.07) is 21.0. The van der Waals surface area contributed by atoms with Gasteiger partial charge >= 0.3 is 5.97 Å². The molecule has 3 aromatic carbocycles. The lowest BCUT2D eigenvalue weighted by molar-refractivity contribution is -0.140. The molecule has 0 aliphatic carbocycles. The van der Waals surface area contributed by atoms with E-state index in [1.165, 1.54) is 12.1 Å². The topological polar surface area (TPSA) is 94.5 Å². The summed E-state index contributed by atoms with van der Waals surface area (Å²) >= 11 is 6.26. The zero-order valence-corrected chi connectivity index (χ0v) is 24.7. The van der Waals surface area contributed by atoms with Crippen LogP contribution in [-0.2, 0) is 31.1 Å². The molecule has 1 amide bonds. The van der Waals surface area contributed by atoms with Gasteiger partial charge in [0.25, 0.3) is 5.91 Å². The third-order valence-corrected chi connectivity index (χ3v) is 7.73. The van der Waals surface area contributed by atoms with Gasteiger partial charge in [0.05, 0.1) is 24.7 Å². The van der Waals surface area contributed by atoms with E-state index in [1.807, 2.05) is 30.3 Å². The predicted molar refractivity (Wildman–Crippen MR) is 162 cm³/mol. The van der Waals surface area contributed by atoms with Crippen LogP contribution in [0.15, 0.2) is 77.7 Å². The molecule has 1 aliphatic rings. The van der Waals surface area contributed by atoms with E-state index in [9.17, 15) is 14.0 Å². The second-order valence-electron chi connectivity index (χ2n) is 9.42. The molecule has 0 unspecified atom stereocenters. The standard InChI is InChI=1S/C31H30FNO7S2/c1-37-19-31(20-38-2,23-6-4-3-5-7-23)40-26-16-22(17-27-29(36)33(18-28(34)35)30(41)42-27)10-13-25(26)39-15-14-21-8-11-24(32)12-9-21/h3-13,16-17H,14-15,18-20H2,1-2H3,(H,34,35)/b27-17+. The first-order valence-electron chi connectivity index (χ1n) is 13.0. The van der Waals surface area contributed by atoms with Crippen molar-refractivity contribution < 1.29 is 38.0 Å². The van der Waals surface area contributed by atoms with Crippen molar-refractivity contribution in [1.29, 1.82) is 0 Å². The smallest absolute Gasteiger partial charge is 0.323 e. The summed E-state index contributed by atoms with van der Waals surface area (Å²) < 4.78 is 37.5. The van der Waals surface area contributed by atoms with Gasteiger partial charge in [0, 0.05) is 26.2 Å². The number of methoxy groups -OCH3 is 2. The number of carboxylic acids is 1. The van der Waals surface area contributed by atoms with Gasteiger partial charge in [-0.3, -0.25) is 14.5 Å². The molecule has 1 N–H and O–H groups in total. The number of nitrogens with zero attached hydrogens (tertiary/aromatic N) is 1. The molecule has 0 atom stereocenters. The molecule has 0 radical (unpaired) electrons. The highest BCUT2D eigenvalue weighted by Crippen LogP contribution is 2.38. The summed E-state index contributed by atoms with van der Waals surface area (Å²) in [7, 11) is 3.15. The van der Waals surface area contributed by atoms with Crippen molar-refractivity contribution in [2.75, 3.05) is 40.6 Å². The number of thiocarbonyl (C=S) groups is 1. The van der Waals surface area contributed by atoms with Crippen molar-refractivity contribution in [2.45, 2.75) is 12.0 Å². The van der Waals surface area contributed by atoms with E-state index in [0.29, 0.717) is 35.0 Å². The highest BCUT2D eigenvalue weighted by Gasteiger charge is 2.37. The van der Waals surface area contributed by atoms with Crippen molar-refractivity contribution in [3.05, 3.63) is 100 Å². The lowest BCUT2D eigenvalue weighted by Crippen LogP contribution is -2.42. The fourth-order valence-electron chi connectivity index (χ4n) is 4.41. The number of amides is 1. The molecule has 220 valence electrons. The van der Waals surface area contributed by atoms with E-state index >= 15 is 0 Å². The molecule has 3 aromatic rings. The quantitative estimate of drug-likeness (QED) is 0.193. The number of aliphatic carboxylic acids is 1. The zero-order valence-electron chi connectivity index (χ0n) is 23.1. The van der Waals surface area contributed by atoms with Crippen LogP contribution >= 0.6 is 24.0 Å². The zero-order chi connectivity index (χ0) is 30.1. The van der Waals surface area contributed by atoms with Crippen LogP contribution < -0.4 is 9.47 Å². The molecule has 1 fully saturated rings. The maximum Gasteiger partial charge on any atom is 0.323 e. The summed E-state index contributed by atoms with van der Waals surface area (Å²) in [5, 5.41) is 9.15. The molecule has 1 heterocycles. The Bertz CT molecular complexity index is 1440. The third kappa shape index (κ3) is 7.74. The first-order chi connectivity index (χ1) is 20.2. The van der Waals surface area contributed by atoms with Gasteiger partial charge in [0.1, 0.15) is 16.7 Å². The number of carboxylic acid groups (broad SMARTS) is 1. The van der Waals surface area contributed by atoms with Crippen molar-refractivity contribution in [3.8, 4) is 11.5 Å². The van der Waals surface area contributed by atoms with E-state index in [2.05, 4.69) is 0 Å². The fraction of sp³-hybridized carbons (Fsp3) is 0.258.